The lowest BCUT2D eigenvalue weighted by atomic mass is 10.1. The lowest BCUT2D eigenvalue weighted by Crippen LogP contribution is -2.08. The van der Waals surface area contributed by atoms with Crippen LogP contribution in [0.25, 0.3) is 0 Å². The van der Waals surface area contributed by atoms with Crippen molar-refractivity contribution in [3.63, 3.8) is 0 Å². The second-order valence-electron chi connectivity index (χ2n) is 4.24. The Labute approximate surface area is 126 Å². The zero-order valence-electron chi connectivity index (χ0n) is 10.8. The molecule has 0 saturated carbocycles. The maximum Gasteiger partial charge on any atom is 0.124 e. The Balaban J connectivity index is 2.20. The topological polar surface area (TPSA) is 21.3 Å². The highest BCUT2D eigenvalue weighted by atomic mass is 79.9. The molecule has 0 aromatic heterocycles. The number of hydrogen-bond acceptors (Lipinski definition) is 2. The molecule has 0 saturated heterocycles. The number of halogens is 2. The fourth-order valence-corrected chi connectivity index (χ4v) is 2.43. The summed E-state index contributed by atoms with van der Waals surface area (Å²) in [6, 6.07) is 13.9. The highest BCUT2D eigenvalue weighted by Gasteiger charge is 2.11. The third-order valence-corrected chi connectivity index (χ3v) is 4.12. The SMILES string of the molecule is COc1ccccc1C(C)Nc1ccc(Cl)c(Br)c1. The van der Waals surface area contributed by atoms with E-state index in [1.165, 1.54) is 0 Å². The van der Waals surface area contributed by atoms with Gasteiger partial charge in [0, 0.05) is 15.7 Å². The molecule has 100 valence electrons. The first-order valence-electron chi connectivity index (χ1n) is 5.96. The highest BCUT2D eigenvalue weighted by Crippen LogP contribution is 2.30. The normalized spacial score (nSPS) is 12.0. The van der Waals surface area contributed by atoms with E-state index in [4.69, 9.17) is 16.3 Å². The van der Waals surface area contributed by atoms with E-state index in [1.54, 1.807) is 7.11 Å². The summed E-state index contributed by atoms with van der Waals surface area (Å²) in [5, 5.41) is 4.14. The van der Waals surface area contributed by atoms with E-state index in [0.717, 1.165) is 21.5 Å². The molecule has 1 N–H and O–H groups in total. The Bertz CT molecular complexity index is 574. The van der Waals surface area contributed by atoms with E-state index in [1.807, 2.05) is 36.4 Å². The fourth-order valence-electron chi connectivity index (χ4n) is 1.94. The summed E-state index contributed by atoms with van der Waals surface area (Å²) in [5.74, 6) is 0.885. The Kier molecular flexibility index (Phi) is 4.72. The molecule has 0 bridgehead atoms. The molecule has 0 heterocycles. The van der Waals surface area contributed by atoms with Crippen LogP contribution in [0.1, 0.15) is 18.5 Å². The number of ether oxygens (including phenoxy) is 1. The van der Waals surface area contributed by atoms with Gasteiger partial charge in [-0.15, -0.1) is 0 Å². The molecule has 0 aliphatic rings. The number of hydrogen-bond donors (Lipinski definition) is 1. The van der Waals surface area contributed by atoms with Crippen LogP contribution in [0.4, 0.5) is 5.69 Å². The van der Waals surface area contributed by atoms with Crippen molar-refractivity contribution in [3.05, 3.63) is 57.5 Å². The highest BCUT2D eigenvalue weighted by molar-refractivity contribution is 9.10. The second-order valence-corrected chi connectivity index (χ2v) is 5.50. The Morgan fingerprint density at radius 1 is 1.21 bits per heavy atom. The molecule has 2 aromatic carbocycles. The monoisotopic (exact) mass is 339 g/mol. The Morgan fingerprint density at radius 2 is 1.95 bits per heavy atom. The first-order chi connectivity index (χ1) is 9.11. The first-order valence-corrected chi connectivity index (χ1v) is 7.13. The van der Waals surface area contributed by atoms with E-state index in [9.17, 15) is 0 Å². The number of benzene rings is 2. The maximum atomic E-state index is 5.99. The van der Waals surface area contributed by atoms with Gasteiger partial charge >= 0.3 is 0 Å². The number of rotatable bonds is 4. The maximum absolute atomic E-state index is 5.99. The van der Waals surface area contributed by atoms with Gasteiger partial charge in [0.05, 0.1) is 18.2 Å². The number of anilines is 1. The lowest BCUT2D eigenvalue weighted by molar-refractivity contribution is 0.408. The number of para-hydroxylation sites is 1. The standard InChI is InChI=1S/C15H15BrClNO/c1-10(12-5-3-4-6-15(12)19-2)18-11-7-8-14(17)13(16)9-11/h3-10,18H,1-2H3. The van der Waals surface area contributed by atoms with Crippen LogP contribution in [0.3, 0.4) is 0 Å². The molecule has 2 nitrogen and oxygen atoms in total. The minimum Gasteiger partial charge on any atom is -0.496 e. The molecule has 19 heavy (non-hydrogen) atoms. The van der Waals surface area contributed by atoms with Crippen molar-refractivity contribution >= 4 is 33.2 Å². The zero-order valence-corrected chi connectivity index (χ0v) is 13.1. The summed E-state index contributed by atoms with van der Waals surface area (Å²) in [4.78, 5) is 0. The van der Waals surface area contributed by atoms with Crippen LogP contribution >= 0.6 is 27.5 Å². The predicted octanol–water partition coefficient (Wildman–Crippen LogP) is 5.28. The lowest BCUT2D eigenvalue weighted by Gasteiger charge is -2.18. The van der Waals surface area contributed by atoms with Gasteiger partial charge in [0.15, 0.2) is 0 Å². The van der Waals surface area contributed by atoms with Crippen LogP contribution < -0.4 is 10.1 Å². The van der Waals surface area contributed by atoms with Crippen molar-refractivity contribution in [1.29, 1.82) is 0 Å². The smallest absolute Gasteiger partial charge is 0.124 e. The van der Waals surface area contributed by atoms with E-state index in [2.05, 4.69) is 34.2 Å². The molecule has 0 radical (unpaired) electrons. The van der Waals surface area contributed by atoms with E-state index < -0.39 is 0 Å². The second kappa shape index (κ2) is 6.31. The minimum atomic E-state index is 0.143. The molecule has 0 aliphatic carbocycles. The van der Waals surface area contributed by atoms with E-state index in [-0.39, 0.29) is 6.04 Å². The first kappa shape index (κ1) is 14.2. The molecule has 2 rings (SSSR count). The molecule has 2 aromatic rings. The molecule has 0 spiro atoms. The van der Waals surface area contributed by atoms with Crippen molar-refractivity contribution in [3.8, 4) is 5.75 Å². The third kappa shape index (κ3) is 3.43. The van der Waals surface area contributed by atoms with Gasteiger partial charge in [-0.3, -0.25) is 0 Å². The molecule has 4 heteroatoms. The average Bonchev–Trinajstić information content (AvgIpc) is 2.43. The fraction of sp³-hybridized carbons (Fsp3) is 0.200. The van der Waals surface area contributed by atoms with Crippen molar-refractivity contribution in [2.24, 2.45) is 0 Å². The van der Waals surface area contributed by atoms with Gasteiger partial charge in [-0.05, 0) is 47.1 Å². The molecule has 0 amide bonds. The van der Waals surface area contributed by atoms with Crippen molar-refractivity contribution in [1.82, 2.24) is 0 Å². The van der Waals surface area contributed by atoms with Crippen molar-refractivity contribution in [2.45, 2.75) is 13.0 Å². The van der Waals surface area contributed by atoms with Gasteiger partial charge in [-0.2, -0.15) is 0 Å². The van der Waals surface area contributed by atoms with Gasteiger partial charge in [0.25, 0.3) is 0 Å². The molecule has 1 unspecified atom stereocenters. The molecular formula is C15H15BrClNO. The number of methoxy groups -OCH3 is 1. The molecule has 1 atom stereocenters. The van der Waals surface area contributed by atoms with E-state index in [0.29, 0.717) is 5.02 Å². The van der Waals surface area contributed by atoms with Crippen LogP contribution in [0, 0.1) is 0 Å². The number of nitrogens with one attached hydrogen (secondary N) is 1. The summed E-state index contributed by atoms with van der Waals surface area (Å²) in [6.45, 7) is 2.10. The molecule has 0 fully saturated rings. The Morgan fingerprint density at radius 3 is 2.63 bits per heavy atom. The van der Waals surface area contributed by atoms with Crippen LogP contribution in [-0.2, 0) is 0 Å². The Hall–Kier alpha value is -1.19. The quantitative estimate of drug-likeness (QED) is 0.817. The van der Waals surface area contributed by atoms with Gasteiger partial charge < -0.3 is 10.1 Å². The third-order valence-electron chi connectivity index (χ3n) is 2.91. The molecular weight excluding hydrogens is 326 g/mol. The van der Waals surface area contributed by atoms with Crippen LogP contribution in [-0.4, -0.2) is 7.11 Å². The van der Waals surface area contributed by atoms with E-state index >= 15 is 0 Å². The summed E-state index contributed by atoms with van der Waals surface area (Å²) in [6.07, 6.45) is 0. The molecule has 0 aliphatic heterocycles. The van der Waals surface area contributed by atoms with Gasteiger partial charge in [-0.1, -0.05) is 29.8 Å². The largest absolute Gasteiger partial charge is 0.496 e. The average molecular weight is 341 g/mol. The van der Waals surface area contributed by atoms with Gasteiger partial charge in [-0.25, -0.2) is 0 Å². The van der Waals surface area contributed by atoms with Crippen molar-refractivity contribution < 1.29 is 4.74 Å². The minimum absolute atomic E-state index is 0.143. The van der Waals surface area contributed by atoms with Crippen LogP contribution in [0.5, 0.6) is 5.75 Å². The summed E-state index contributed by atoms with van der Waals surface area (Å²) in [5.41, 5.74) is 2.13. The van der Waals surface area contributed by atoms with Gasteiger partial charge in [0.1, 0.15) is 5.75 Å². The van der Waals surface area contributed by atoms with Crippen LogP contribution in [0.2, 0.25) is 5.02 Å². The van der Waals surface area contributed by atoms with Gasteiger partial charge in [0.2, 0.25) is 0 Å². The summed E-state index contributed by atoms with van der Waals surface area (Å²) >= 11 is 9.41. The predicted molar refractivity (Wildman–Crippen MR) is 84.2 cm³/mol. The van der Waals surface area contributed by atoms with Crippen LogP contribution in [0.15, 0.2) is 46.9 Å². The van der Waals surface area contributed by atoms with Crippen molar-refractivity contribution in [2.75, 3.05) is 12.4 Å². The summed E-state index contributed by atoms with van der Waals surface area (Å²) < 4.78 is 6.26. The summed E-state index contributed by atoms with van der Waals surface area (Å²) in [7, 11) is 1.68. The zero-order chi connectivity index (χ0) is 13.8.